The molecule has 6 aromatic carbocycles. The number of nitrogens with zero attached hydrogens (tertiary/aromatic N) is 1. The summed E-state index contributed by atoms with van der Waals surface area (Å²) in [6, 6.07) is 45.7. The average Bonchev–Trinajstić information content (AvgIpc) is 3.71. The van der Waals surface area contributed by atoms with Gasteiger partial charge in [-0.05, 0) is 53.6 Å². The highest BCUT2D eigenvalue weighted by Gasteiger charge is 2.19. The van der Waals surface area contributed by atoms with Gasteiger partial charge in [-0.3, -0.25) is 0 Å². The van der Waals surface area contributed by atoms with E-state index in [1.165, 1.54) is 42.2 Å². The fraction of sp³-hybridized carbons (Fsp3) is 0.0526. The number of furan rings is 1. The van der Waals surface area contributed by atoms with E-state index < -0.39 is 0 Å². The molecular weight excluding hydrogens is 518 g/mol. The SMILES string of the molecule is CC.c1cc(-c2cccc3c2sc2ccccc23)cc(-n2c3ccccc3c3c4oc5ccccc5c4ccc32)c1. The highest BCUT2D eigenvalue weighted by molar-refractivity contribution is 7.26. The second kappa shape index (κ2) is 9.36. The first-order valence-electron chi connectivity index (χ1n) is 14.2. The lowest BCUT2D eigenvalue weighted by Crippen LogP contribution is -1.94. The smallest absolute Gasteiger partial charge is 0.145 e. The van der Waals surface area contributed by atoms with Crippen molar-refractivity contribution in [3.05, 3.63) is 127 Å². The number of hydrogen-bond acceptors (Lipinski definition) is 2. The third kappa shape index (κ3) is 3.49. The lowest BCUT2D eigenvalue weighted by Gasteiger charge is -2.11. The van der Waals surface area contributed by atoms with Gasteiger partial charge < -0.3 is 8.98 Å². The summed E-state index contributed by atoms with van der Waals surface area (Å²) in [5, 5.41) is 7.33. The predicted molar refractivity (Wildman–Crippen MR) is 178 cm³/mol. The first-order valence-corrected chi connectivity index (χ1v) is 15.0. The second-order valence-electron chi connectivity index (χ2n) is 10.1. The van der Waals surface area contributed by atoms with Gasteiger partial charge >= 0.3 is 0 Å². The molecule has 2 nitrogen and oxygen atoms in total. The molecule has 0 N–H and O–H groups in total. The van der Waals surface area contributed by atoms with E-state index in [0.717, 1.165) is 38.5 Å². The Kier molecular flexibility index (Phi) is 5.48. The highest BCUT2D eigenvalue weighted by atomic mass is 32.1. The van der Waals surface area contributed by atoms with Crippen molar-refractivity contribution in [2.45, 2.75) is 13.8 Å². The molecular formula is C38H27NOS. The van der Waals surface area contributed by atoms with Gasteiger partial charge in [-0.1, -0.05) is 98.8 Å². The van der Waals surface area contributed by atoms with E-state index in [2.05, 4.69) is 126 Å². The van der Waals surface area contributed by atoms with Crippen LogP contribution in [-0.2, 0) is 0 Å². The summed E-state index contributed by atoms with van der Waals surface area (Å²) >= 11 is 1.88. The first-order chi connectivity index (χ1) is 20.3. The molecule has 0 saturated carbocycles. The maximum absolute atomic E-state index is 6.48. The summed E-state index contributed by atoms with van der Waals surface area (Å²) in [5.41, 5.74) is 7.85. The summed E-state index contributed by atoms with van der Waals surface area (Å²) < 4.78 is 11.5. The van der Waals surface area contributed by atoms with E-state index in [0.29, 0.717) is 0 Å². The molecule has 0 aliphatic heterocycles. The van der Waals surface area contributed by atoms with E-state index in [1.807, 2.05) is 31.3 Å². The van der Waals surface area contributed by atoms with Gasteiger partial charge in [0.25, 0.3) is 0 Å². The molecule has 0 radical (unpaired) electrons. The standard InChI is InChI=1S/C36H21NOS.C2H6/c1-4-16-30-29(13-1)34-31(20-19-27-25-11-2-5-17-32(25)38-35(27)34)37(30)23-10-7-9-22(21-23)24-14-8-15-28-26-12-3-6-18-33(26)39-36(24)28;1-2/h1-21H;1-2H3. The van der Waals surface area contributed by atoms with E-state index in [9.17, 15) is 0 Å². The molecule has 3 heterocycles. The monoisotopic (exact) mass is 545 g/mol. The van der Waals surface area contributed by atoms with Crippen molar-refractivity contribution < 1.29 is 4.42 Å². The van der Waals surface area contributed by atoms with Gasteiger partial charge in [0.05, 0.1) is 16.4 Å². The lowest BCUT2D eigenvalue weighted by molar-refractivity contribution is 0.673. The highest BCUT2D eigenvalue weighted by Crippen LogP contribution is 2.42. The maximum Gasteiger partial charge on any atom is 0.145 e. The van der Waals surface area contributed by atoms with Crippen molar-refractivity contribution in [3.63, 3.8) is 0 Å². The molecule has 0 bridgehead atoms. The van der Waals surface area contributed by atoms with Gasteiger partial charge in [-0.2, -0.15) is 0 Å². The molecule has 41 heavy (non-hydrogen) atoms. The topological polar surface area (TPSA) is 18.1 Å². The van der Waals surface area contributed by atoms with Crippen molar-refractivity contribution in [3.8, 4) is 16.8 Å². The Balaban J connectivity index is 0.00000125. The van der Waals surface area contributed by atoms with Crippen LogP contribution in [0.2, 0.25) is 0 Å². The zero-order chi connectivity index (χ0) is 27.5. The van der Waals surface area contributed by atoms with Crippen LogP contribution in [-0.4, -0.2) is 4.57 Å². The molecule has 0 saturated heterocycles. The summed E-state index contributed by atoms with van der Waals surface area (Å²) in [5.74, 6) is 0. The predicted octanol–water partition coefficient (Wildman–Crippen LogP) is 11.7. The van der Waals surface area contributed by atoms with Crippen molar-refractivity contribution >= 4 is 75.3 Å². The summed E-state index contributed by atoms with van der Waals surface area (Å²) in [6.07, 6.45) is 0. The minimum absolute atomic E-state index is 0.926. The minimum Gasteiger partial charge on any atom is -0.455 e. The molecule has 3 heteroatoms. The normalized spacial score (nSPS) is 11.7. The number of fused-ring (bicyclic) bond motifs is 10. The van der Waals surface area contributed by atoms with Gasteiger partial charge in [-0.25, -0.2) is 0 Å². The van der Waals surface area contributed by atoms with E-state index in [1.54, 1.807) is 0 Å². The number of para-hydroxylation sites is 2. The van der Waals surface area contributed by atoms with Crippen LogP contribution < -0.4 is 0 Å². The van der Waals surface area contributed by atoms with Gasteiger partial charge in [0, 0.05) is 42.0 Å². The first kappa shape index (κ1) is 24.0. The second-order valence-corrected chi connectivity index (χ2v) is 11.2. The molecule has 0 atom stereocenters. The van der Waals surface area contributed by atoms with Crippen LogP contribution in [0.3, 0.4) is 0 Å². The number of thiophene rings is 1. The Labute approximate surface area is 241 Å². The van der Waals surface area contributed by atoms with Crippen LogP contribution in [0.15, 0.2) is 132 Å². The van der Waals surface area contributed by atoms with Crippen LogP contribution in [0.4, 0.5) is 0 Å². The van der Waals surface area contributed by atoms with Crippen LogP contribution >= 0.6 is 11.3 Å². The zero-order valence-electron chi connectivity index (χ0n) is 22.9. The summed E-state index contributed by atoms with van der Waals surface area (Å²) in [7, 11) is 0. The minimum atomic E-state index is 0.926. The maximum atomic E-state index is 6.48. The molecule has 0 spiro atoms. The van der Waals surface area contributed by atoms with Crippen molar-refractivity contribution in [2.75, 3.05) is 0 Å². The molecule has 0 fully saturated rings. The van der Waals surface area contributed by atoms with Gasteiger partial charge in [0.2, 0.25) is 0 Å². The quantitative estimate of drug-likeness (QED) is 0.211. The molecule has 0 aliphatic carbocycles. The molecule has 196 valence electrons. The number of hydrogen-bond donors (Lipinski definition) is 0. The third-order valence-electron chi connectivity index (χ3n) is 8.00. The van der Waals surface area contributed by atoms with Crippen LogP contribution in [0, 0.1) is 0 Å². The van der Waals surface area contributed by atoms with E-state index >= 15 is 0 Å². The molecule has 0 unspecified atom stereocenters. The number of benzene rings is 6. The Hall–Kier alpha value is -4.86. The van der Waals surface area contributed by atoms with E-state index in [4.69, 9.17) is 4.42 Å². The Morgan fingerprint density at radius 2 is 1.29 bits per heavy atom. The third-order valence-corrected chi connectivity index (χ3v) is 9.22. The Bertz CT molecular complexity index is 2400. The lowest BCUT2D eigenvalue weighted by atomic mass is 10.0. The Morgan fingerprint density at radius 3 is 2.20 bits per heavy atom. The van der Waals surface area contributed by atoms with E-state index in [-0.39, 0.29) is 0 Å². The van der Waals surface area contributed by atoms with Crippen molar-refractivity contribution in [1.82, 2.24) is 4.57 Å². The average molecular weight is 546 g/mol. The fourth-order valence-electron chi connectivity index (χ4n) is 6.30. The zero-order valence-corrected chi connectivity index (χ0v) is 23.7. The van der Waals surface area contributed by atoms with Gasteiger partial charge in [-0.15, -0.1) is 11.3 Å². The molecule has 9 rings (SSSR count). The van der Waals surface area contributed by atoms with Crippen LogP contribution in [0.1, 0.15) is 13.8 Å². The molecule has 3 aromatic heterocycles. The Morgan fingerprint density at radius 1 is 0.561 bits per heavy atom. The molecule has 9 aromatic rings. The van der Waals surface area contributed by atoms with Crippen LogP contribution in [0.25, 0.3) is 80.7 Å². The van der Waals surface area contributed by atoms with Gasteiger partial charge in [0.1, 0.15) is 11.2 Å². The van der Waals surface area contributed by atoms with Crippen molar-refractivity contribution in [2.24, 2.45) is 0 Å². The fourth-order valence-corrected chi connectivity index (χ4v) is 7.54. The summed E-state index contributed by atoms with van der Waals surface area (Å²) in [4.78, 5) is 0. The van der Waals surface area contributed by atoms with Crippen molar-refractivity contribution in [1.29, 1.82) is 0 Å². The largest absolute Gasteiger partial charge is 0.455 e. The van der Waals surface area contributed by atoms with Crippen LogP contribution in [0.5, 0.6) is 0 Å². The summed E-state index contributed by atoms with van der Waals surface area (Å²) in [6.45, 7) is 4.00. The van der Waals surface area contributed by atoms with Gasteiger partial charge in [0.15, 0.2) is 0 Å². The molecule has 0 amide bonds. The molecule has 0 aliphatic rings. The number of aromatic nitrogens is 1. The number of rotatable bonds is 2.